The molecule has 0 radical (unpaired) electrons. The molecule has 0 aromatic heterocycles. The number of benzene rings is 2. The molecule has 2 unspecified atom stereocenters. The average molecular weight is 397 g/mol. The number of halogens is 3. The normalized spacial score (nSPS) is 25.2. The maximum Gasteiger partial charge on any atom is 0.413 e. The maximum absolute atomic E-state index is 14.2. The first-order chi connectivity index (χ1) is 12.7. The van der Waals surface area contributed by atoms with Crippen molar-refractivity contribution in [2.75, 3.05) is 10.9 Å². The molecule has 8 heteroatoms. The third-order valence-corrected chi connectivity index (χ3v) is 7.01. The van der Waals surface area contributed by atoms with Gasteiger partial charge in [0.1, 0.15) is 5.60 Å². The van der Waals surface area contributed by atoms with Crippen LogP contribution in [0.1, 0.15) is 24.0 Å². The van der Waals surface area contributed by atoms with Crippen molar-refractivity contribution in [2.24, 2.45) is 0 Å². The third kappa shape index (κ3) is 2.65. The highest BCUT2D eigenvalue weighted by atomic mass is 32.2. The van der Waals surface area contributed by atoms with Gasteiger partial charge in [0.2, 0.25) is 0 Å². The monoisotopic (exact) mass is 397 g/mol. The van der Waals surface area contributed by atoms with Crippen LogP contribution in [0.4, 0.5) is 18.9 Å². The molecule has 2 aliphatic heterocycles. The van der Waals surface area contributed by atoms with Crippen molar-refractivity contribution < 1.29 is 26.3 Å². The molecule has 2 aromatic carbocycles. The quantitative estimate of drug-likeness (QED) is 0.765. The lowest BCUT2D eigenvalue weighted by Gasteiger charge is -2.36. The molecule has 1 saturated heterocycles. The van der Waals surface area contributed by atoms with Crippen LogP contribution in [0.5, 0.6) is 0 Å². The van der Waals surface area contributed by atoms with Crippen LogP contribution in [0.25, 0.3) is 0 Å². The number of ether oxygens (including phenoxy) is 1. The molecule has 144 valence electrons. The summed E-state index contributed by atoms with van der Waals surface area (Å²) in [6.07, 6.45) is -4.23. The standard InChI is InChI=1S/C19H18F3NO3S/c1-13-7-9-14(10-8-13)27(24,25)23-16-6-3-2-5-15(16)18(11-4-12-26-18)17(23)19(20,21)22/h2-3,5-10,17H,4,11-12H2,1H3. The summed E-state index contributed by atoms with van der Waals surface area (Å²) in [6.45, 7) is 1.95. The molecule has 4 nitrogen and oxygen atoms in total. The van der Waals surface area contributed by atoms with E-state index in [0.717, 1.165) is 5.56 Å². The van der Waals surface area contributed by atoms with E-state index in [9.17, 15) is 21.6 Å². The number of alkyl halides is 3. The second kappa shape index (κ2) is 5.97. The molecule has 0 amide bonds. The van der Waals surface area contributed by atoms with Crippen molar-refractivity contribution in [1.29, 1.82) is 0 Å². The van der Waals surface area contributed by atoms with E-state index in [1.54, 1.807) is 25.1 Å². The molecule has 2 atom stereocenters. The Bertz CT molecular complexity index is 964. The van der Waals surface area contributed by atoms with E-state index in [1.165, 1.54) is 30.3 Å². The Morgan fingerprint density at radius 2 is 1.78 bits per heavy atom. The molecule has 4 rings (SSSR count). The van der Waals surface area contributed by atoms with E-state index < -0.39 is 27.8 Å². The van der Waals surface area contributed by atoms with Gasteiger partial charge in [-0.2, -0.15) is 13.2 Å². The number of hydrogen-bond donors (Lipinski definition) is 0. The summed E-state index contributed by atoms with van der Waals surface area (Å²) in [6, 6.07) is 9.60. The van der Waals surface area contributed by atoms with E-state index >= 15 is 0 Å². The zero-order valence-electron chi connectivity index (χ0n) is 14.5. The van der Waals surface area contributed by atoms with Crippen LogP contribution in [0.15, 0.2) is 53.4 Å². The molecule has 0 aliphatic carbocycles. The van der Waals surface area contributed by atoms with Crippen LogP contribution in [-0.4, -0.2) is 27.2 Å². The highest BCUT2D eigenvalue weighted by molar-refractivity contribution is 7.92. The van der Waals surface area contributed by atoms with Crippen LogP contribution in [0, 0.1) is 6.92 Å². The second-order valence-electron chi connectivity index (χ2n) is 6.92. The van der Waals surface area contributed by atoms with Gasteiger partial charge in [0.25, 0.3) is 10.0 Å². The molecule has 2 heterocycles. The van der Waals surface area contributed by atoms with Crippen LogP contribution in [0.3, 0.4) is 0 Å². The van der Waals surface area contributed by atoms with Gasteiger partial charge in [0.15, 0.2) is 6.04 Å². The van der Waals surface area contributed by atoms with Gasteiger partial charge in [0, 0.05) is 12.2 Å². The lowest BCUT2D eigenvalue weighted by molar-refractivity contribution is -0.192. The zero-order chi connectivity index (χ0) is 19.4. The Morgan fingerprint density at radius 3 is 2.37 bits per heavy atom. The summed E-state index contributed by atoms with van der Waals surface area (Å²) in [5, 5.41) is 0. The average Bonchev–Trinajstić information content (AvgIpc) is 3.20. The Kier molecular flexibility index (Phi) is 4.05. The molecular formula is C19H18F3NO3S. The van der Waals surface area contributed by atoms with Gasteiger partial charge in [-0.15, -0.1) is 0 Å². The first kappa shape index (κ1) is 18.3. The second-order valence-corrected chi connectivity index (χ2v) is 8.73. The van der Waals surface area contributed by atoms with Crippen molar-refractivity contribution in [2.45, 2.75) is 42.5 Å². The van der Waals surface area contributed by atoms with Gasteiger partial charge in [-0.1, -0.05) is 35.9 Å². The number of para-hydroxylation sites is 1. The number of rotatable bonds is 2. The largest absolute Gasteiger partial charge is 0.413 e. The van der Waals surface area contributed by atoms with Gasteiger partial charge in [0.05, 0.1) is 10.6 Å². The predicted molar refractivity (Wildman–Crippen MR) is 94.0 cm³/mol. The predicted octanol–water partition coefficient (Wildman–Crippen LogP) is 4.14. The van der Waals surface area contributed by atoms with Crippen molar-refractivity contribution in [3.63, 3.8) is 0 Å². The van der Waals surface area contributed by atoms with Crippen molar-refractivity contribution in [1.82, 2.24) is 0 Å². The molecule has 0 N–H and O–H groups in total. The minimum Gasteiger partial charge on any atom is -0.368 e. The summed E-state index contributed by atoms with van der Waals surface area (Å²) >= 11 is 0. The lowest BCUT2D eigenvalue weighted by Crippen LogP contribution is -2.55. The fourth-order valence-corrected chi connectivity index (χ4v) is 5.77. The Labute approximate surface area is 155 Å². The van der Waals surface area contributed by atoms with Crippen molar-refractivity contribution in [3.8, 4) is 0 Å². The van der Waals surface area contributed by atoms with Gasteiger partial charge < -0.3 is 4.74 Å². The van der Waals surface area contributed by atoms with E-state index in [0.29, 0.717) is 10.7 Å². The number of nitrogens with zero attached hydrogens (tertiary/aromatic N) is 1. The Morgan fingerprint density at radius 1 is 1.11 bits per heavy atom. The van der Waals surface area contributed by atoms with Crippen LogP contribution in [-0.2, 0) is 20.4 Å². The minimum atomic E-state index is -4.79. The molecule has 27 heavy (non-hydrogen) atoms. The molecular weight excluding hydrogens is 379 g/mol. The molecule has 1 fully saturated rings. The summed E-state index contributed by atoms with van der Waals surface area (Å²) < 4.78 is 75.3. The van der Waals surface area contributed by atoms with Gasteiger partial charge in [-0.3, -0.25) is 4.31 Å². The topological polar surface area (TPSA) is 46.6 Å². The van der Waals surface area contributed by atoms with E-state index in [1.807, 2.05) is 0 Å². The summed E-state index contributed by atoms with van der Waals surface area (Å²) in [5.74, 6) is 0. The lowest BCUT2D eigenvalue weighted by atomic mass is 9.86. The number of anilines is 1. The number of sulfonamides is 1. The first-order valence-electron chi connectivity index (χ1n) is 8.59. The van der Waals surface area contributed by atoms with Crippen molar-refractivity contribution in [3.05, 3.63) is 59.7 Å². The number of fused-ring (bicyclic) bond motifs is 2. The smallest absolute Gasteiger partial charge is 0.368 e. The number of aryl methyl sites for hydroxylation is 1. The third-order valence-electron chi connectivity index (χ3n) is 5.21. The summed E-state index contributed by atoms with van der Waals surface area (Å²) in [7, 11) is -4.43. The van der Waals surface area contributed by atoms with Crippen molar-refractivity contribution >= 4 is 15.7 Å². The Hall–Kier alpha value is -2.06. The molecule has 0 bridgehead atoms. The van der Waals surface area contributed by atoms with E-state index in [-0.39, 0.29) is 29.2 Å². The molecule has 2 aliphatic rings. The van der Waals surface area contributed by atoms with Crippen LogP contribution in [0.2, 0.25) is 0 Å². The van der Waals surface area contributed by atoms with E-state index in [4.69, 9.17) is 4.74 Å². The molecule has 0 saturated carbocycles. The first-order valence-corrected chi connectivity index (χ1v) is 10.0. The fraction of sp³-hybridized carbons (Fsp3) is 0.368. The molecule has 2 aromatic rings. The SMILES string of the molecule is Cc1ccc(S(=O)(=O)N2c3ccccc3C3(CCCO3)C2C(F)(F)F)cc1. The zero-order valence-corrected chi connectivity index (χ0v) is 15.3. The maximum atomic E-state index is 14.2. The minimum absolute atomic E-state index is 0.0299. The van der Waals surface area contributed by atoms with Gasteiger partial charge in [-0.25, -0.2) is 8.42 Å². The fourth-order valence-electron chi connectivity index (χ4n) is 4.08. The highest BCUT2D eigenvalue weighted by Crippen LogP contribution is 2.57. The Balaban J connectivity index is 1.96. The summed E-state index contributed by atoms with van der Waals surface area (Å²) in [4.78, 5) is -0.174. The van der Waals surface area contributed by atoms with Crippen LogP contribution < -0.4 is 4.31 Å². The van der Waals surface area contributed by atoms with E-state index in [2.05, 4.69) is 0 Å². The van der Waals surface area contributed by atoms with Crippen LogP contribution >= 0.6 is 0 Å². The summed E-state index contributed by atoms with van der Waals surface area (Å²) in [5.41, 5.74) is -0.575. The van der Waals surface area contributed by atoms with Gasteiger partial charge in [-0.05, 0) is 38.0 Å². The molecule has 1 spiro atoms. The highest BCUT2D eigenvalue weighted by Gasteiger charge is 2.67. The van der Waals surface area contributed by atoms with Gasteiger partial charge >= 0.3 is 6.18 Å². The number of hydrogen-bond acceptors (Lipinski definition) is 3.